The number of unbranched alkanes of at least 4 members (excludes halogenated alkanes) is 2. The van der Waals surface area contributed by atoms with E-state index in [1.54, 1.807) is 37.4 Å². The lowest BCUT2D eigenvalue weighted by molar-refractivity contribution is -0.140. The molecule has 38 heavy (non-hydrogen) atoms. The van der Waals surface area contributed by atoms with Crippen LogP contribution in [0.2, 0.25) is 0 Å². The summed E-state index contributed by atoms with van der Waals surface area (Å²) in [7, 11) is 5.35. The Labute approximate surface area is 223 Å². The molecule has 2 aliphatic rings. The zero-order valence-electron chi connectivity index (χ0n) is 22.5. The van der Waals surface area contributed by atoms with Crippen molar-refractivity contribution in [3.8, 4) is 23.0 Å². The van der Waals surface area contributed by atoms with E-state index >= 15 is 0 Å². The van der Waals surface area contributed by atoms with Crippen LogP contribution in [0.3, 0.4) is 0 Å². The van der Waals surface area contributed by atoms with Gasteiger partial charge < -0.3 is 33.9 Å². The summed E-state index contributed by atoms with van der Waals surface area (Å²) in [5, 5.41) is 11.4. The minimum Gasteiger partial charge on any atom is -0.507 e. The Morgan fingerprint density at radius 1 is 1.05 bits per heavy atom. The Hall–Kier alpha value is -3.72. The molecule has 9 heteroatoms. The highest BCUT2D eigenvalue weighted by molar-refractivity contribution is 6.46. The normalized spacial score (nSPS) is 18.2. The fourth-order valence-electron chi connectivity index (χ4n) is 4.62. The Bertz CT molecular complexity index is 1210. The molecule has 0 bridgehead atoms. The van der Waals surface area contributed by atoms with Crippen molar-refractivity contribution in [3.05, 3.63) is 53.1 Å². The highest BCUT2D eigenvalue weighted by Crippen LogP contribution is 2.43. The average molecular weight is 525 g/mol. The van der Waals surface area contributed by atoms with E-state index < -0.39 is 17.7 Å². The Morgan fingerprint density at radius 3 is 2.53 bits per heavy atom. The van der Waals surface area contributed by atoms with Crippen LogP contribution in [0.25, 0.3) is 5.76 Å². The van der Waals surface area contributed by atoms with Crippen LogP contribution in [0, 0.1) is 0 Å². The molecule has 0 saturated carbocycles. The second-order valence-electron chi connectivity index (χ2n) is 9.62. The number of likely N-dealkylation sites (N-methyl/N-ethyl adjacent to an activating group) is 1. The van der Waals surface area contributed by atoms with E-state index in [1.165, 1.54) is 4.90 Å². The van der Waals surface area contributed by atoms with Crippen LogP contribution in [0.1, 0.15) is 43.4 Å². The molecular weight excluding hydrogens is 488 g/mol. The van der Waals surface area contributed by atoms with Gasteiger partial charge in [-0.05, 0) is 56.4 Å². The first-order valence-electron chi connectivity index (χ1n) is 13.0. The lowest BCUT2D eigenvalue weighted by atomic mass is 9.94. The number of ketones is 1. The maximum atomic E-state index is 13.3. The van der Waals surface area contributed by atoms with Crippen LogP contribution in [-0.4, -0.2) is 80.7 Å². The van der Waals surface area contributed by atoms with E-state index in [-0.39, 0.29) is 11.3 Å². The molecule has 0 aliphatic carbocycles. The minimum atomic E-state index is -0.800. The number of Topliss-reactive ketones (excluding diaryl/α,β-unsaturated/α-hetero) is 1. The van der Waals surface area contributed by atoms with Gasteiger partial charge in [0.2, 0.25) is 0 Å². The quantitative estimate of drug-likeness (QED) is 0.204. The van der Waals surface area contributed by atoms with Crippen LogP contribution in [0.5, 0.6) is 23.0 Å². The van der Waals surface area contributed by atoms with Crippen molar-refractivity contribution in [2.24, 2.45) is 0 Å². The summed E-state index contributed by atoms with van der Waals surface area (Å²) in [5.41, 5.74) is 1.02. The first-order chi connectivity index (χ1) is 18.3. The maximum Gasteiger partial charge on any atom is 0.295 e. The average Bonchev–Trinajstić information content (AvgIpc) is 3.18. The lowest BCUT2D eigenvalue weighted by Crippen LogP contribution is -2.35. The SMILES string of the molecule is CCCCCOc1ccc(C2/C(=C(\O)c3ccc4c(c3)OCCO4)C(=O)C(=O)N2CCN(C)C)cc1OC. The first-order valence-corrected chi connectivity index (χ1v) is 13.0. The molecule has 1 N–H and O–H groups in total. The zero-order chi connectivity index (χ0) is 27.2. The molecule has 2 aliphatic heterocycles. The fraction of sp³-hybridized carbons (Fsp3) is 0.448. The molecule has 2 aromatic carbocycles. The van der Waals surface area contributed by atoms with Gasteiger partial charge in [0.25, 0.3) is 11.7 Å². The van der Waals surface area contributed by atoms with E-state index in [0.717, 1.165) is 19.3 Å². The van der Waals surface area contributed by atoms with Crippen molar-refractivity contribution in [2.75, 3.05) is 54.1 Å². The lowest BCUT2D eigenvalue weighted by Gasteiger charge is -2.27. The van der Waals surface area contributed by atoms with E-state index in [0.29, 0.717) is 67.0 Å². The number of benzene rings is 2. The molecule has 1 amide bonds. The van der Waals surface area contributed by atoms with Gasteiger partial charge in [0, 0.05) is 18.7 Å². The molecule has 4 rings (SSSR count). The number of methoxy groups -OCH3 is 1. The fourth-order valence-corrected chi connectivity index (χ4v) is 4.62. The van der Waals surface area contributed by atoms with E-state index in [4.69, 9.17) is 18.9 Å². The number of ether oxygens (including phenoxy) is 4. The van der Waals surface area contributed by atoms with Crippen molar-refractivity contribution in [1.82, 2.24) is 9.80 Å². The van der Waals surface area contributed by atoms with Crippen LogP contribution in [-0.2, 0) is 9.59 Å². The molecule has 0 radical (unpaired) electrons. The van der Waals surface area contributed by atoms with Crippen molar-refractivity contribution in [3.63, 3.8) is 0 Å². The van der Waals surface area contributed by atoms with Gasteiger partial charge in [0.15, 0.2) is 23.0 Å². The van der Waals surface area contributed by atoms with Crippen molar-refractivity contribution >= 4 is 17.4 Å². The summed E-state index contributed by atoms with van der Waals surface area (Å²) in [4.78, 5) is 30.0. The Morgan fingerprint density at radius 2 is 1.82 bits per heavy atom. The second kappa shape index (κ2) is 12.2. The van der Waals surface area contributed by atoms with Crippen LogP contribution in [0.4, 0.5) is 0 Å². The molecule has 0 aromatic heterocycles. The number of carbonyl (C=O) groups is 2. The standard InChI is InChI=1S/C29H36N2O7/c1-5-6-7-14-36-21-10-8-19(17-23(21)35-4)26-25(28(33)29(34)31(26)13-12-30(2)3)27(32)20-9-11-22-24(18-20)38-16-15-37-22/h8-11,17-18,26,32H,5-7,12-16H2,1-4H3/b27-25+. The molecule has 1 saturated heterocycles. The molecule has 1 atom stereocenters. The van der Waals surface area contributed by atoms with Gasteiger partial charge in [0.05, 0.1) is 25.3 Å². The van der Waals surface area contributed by atoms with E-state index in [1.807, 2.05) is 25.1 Å². The summed E-state index contributed by atoms with van der Waals surface area (Å²) in [6, 6.07) is 9.54. The Balaban J connectivity index is 1.76. The molecule has 9 nitrogen and oxygen atoms in total. The molecule has 2 heterocycles. The molecule has 1 unspecified atom stereocenters. The summed E-state index contributed by atoms with van der Waals surface area (Å²) >= 11 is 0. The number of hydrogen-bond acceptors (Lipinski definition) is 8. The second-order valence-corrected chi connectivity index (χ2v) is 9.62. The predicted octanol–water partition coefficient (Wildman–Crippen LogP) is 4.02. The van der Waals surface area contributed by atoms with Crippen LogP contribution >= 0.6 is 0 Å². The topological polar surface area (TPSA) is 97.8 Å². The highest BCUT2D eigenvalue weighted by Gasteiger charge is 2.46. The number of fused-ring (bicyclic) bond motifs is 1. The van der Waals surface area contributed by atoms with Crippen molar-refractivity contribution in [1.29, 1.82) is 0 Å². The van der Waals surface area contributed by atoms with Crippen LogP contribution < -0.4 is 18.9 Å². The summed E-state index contributed by atoms with van der Waals surface area (Å²) in [6.07, 6.45) is 3.09. The number of nitrogens with zero attached hydrogens (tertiary/aromatic N) is 2. The number of carbonyl (C=O) groups excluding carboxylic acids is 2. The number of likely N-dealkylation sites (tertiary alicyclic amines) is 1. The molecule has 204 valence electrons. The van der Waals surface area contributed by atoms with Gasteiger partial charge in [-0.15, -0.1) is 0 Å². The Kier molecular flexibility index (Phi) is 8.78. The van der Waals surface area contributed by atoms with Crippen molar-refractivity contribution in [2.45, 2.75) is 32.2 Å². The van der Waals surface area contributed by atoms with Crippen molar-refractivity contribution < 1.29 is 33.6 Å². The highest BCUT2D eigenvalue weighted by atomic mass is 16.6. The van der Waals surface area contributed by atoms with E-state index in [2.05, 4.69) is 6.92 Å². The monoisotopic (exact) mass is 524 g/mol. The minimum absolute atomic E-state index is 0.0177. The molecule has 0 spiro atoms. The van der Waals surface area contributed by atoms with Gasteiger partial charge in [-0.3, -0.25) is 9.59 Å². The predicted molar refractivity (Wildman–Crippen MR) is 143 cm³/mol. The zero-order valence-corrected chi connectivity index (χ0v) is 22.5. The van der Waals surface area contributed by atoms with Crippen LogP contribution in [0.15, 0.2) is 42.0 Å². The molecular formula is C29H36N2O7. The third-order valence-corrected chi connectivity index (χ3v) is 6.65. The van der Waals surface area contributed by atoms with Gasteiger partial charge >= 0.3 is 0 Å². The number of hydrogen-bond donors (Lipinski definition) is 1. The number of amides is 1. The van der Waals surface area contributed by atoms with Gasteiger partial charge in [-0.25, -0.2) is 0 Å². The smallest absolute Gasteiger partial charge is 0.295 e. The maximum absolute atomic E-state index is 13.3. The van der Waals surface area contributed by atoms with Gasteiger partial charge in [0.1, 0.15) is 19.0 Å². The third kappa shape index (κ3) is 5.72. The van der Waals surface area contributed by atoms with Gasteiger partial charge in [-0.1, -0.05) is 25.8 Å². The summed E-state index contributed by atoms with van der Waals surface area (Å²) in [6.45, 7) is 4.37. The number of rotatable bonds is 11. The third-order valence-electron chi connectivity index (χ3n) is 6.65. The molecule has 1 fully saturated rings. The number of aliphatic hydroxyl groups is 1. The van der Waals surface area contributed by atoms with Gasteiger partial charge in [-0.2, -0.15) is 0 Å². The molecule has 2 aromatic rings. The first kappa shape index (κ1) is 27.3. The van der Waals surface area contributed by atoms with E-state index in [9.17, 15) is 14.7 Å². The largest absolute Gasteiger partial charge is 0.507 e. The summed E-state index contributed by atoms with van der Waals surface area (Å²) < 4.78 is 22.8. The summed E-state index contributed by atoms with van der Waals surface area (Å²) in [5.74, 6) is 0.465. The number of aliphatic hydroxyl groups excluding tert-OH is 1.